The zero-order valence-corrected chi connectivity index (χ0v) is 13.0. The summed E-state index contributed by atoms with van der Waals surface area (Å²) < 4.78 is 1.60. The maximum Gasteiger partial charge on any atom is 0.280 e. The molecule has 3 rings (SSSR count). The molecular formula is C14H16N4O2S. The quantitative estimate of drug-likeness (QED) is 0.812. The highest BCUT2D eigenvalue weighted by Gasteiger charge is 2.37. The van der Waals surface area contributed by atoms with Gasteiger partial charge < -0.3 is 0 Å². The van der Waals surface area contributed by atoms with E-state index >= 15 is 0 Å². The molecule has 21 heavy (non-hydrogen) atoms. The highest BCUT2D eigenvalue weighted by atomic mass is 32.1. The van der Waals surface area contributed by atoms with Gasteiger partial charge in [0.25, 0.3) is 5.91 Å². The highest BCUT2D eigenvalue weighted by molar-refractivity contribution is 7.17. The second kappa shape index (κ2) is 5.07. The molecule has 6 nitrogen and oxygen atoms in total. The number of carbonyl (C=O) groups is 2. The fourth-order valence-corrected chi connectivity index (χ4v) is 3.24. The van der Waals surface area contributed by atoms with Crippen LogP contribution in [0.4, 0.5) is 5.13 Å². The average molecular weight is 304 g/mol. The molecule has 0 spiro atoms. The van der Waals surface area contributed by atoms with E-state index in [-0.39, 0.29) is 17.7 Å². The summed E-state index contributed by atoms with van der Waals surface area (Å²) >= 11 is 1.28. The van der Waals surface area contributed by atoms with Gasteiger partial charge in [0, 0.05) is 26.2 Å². The summed E-state index contributed by atoms with van der Waals surface area (Å²) in [7, 11) is 1.78. The van der Waals surface area contributed by atoms with Crippen molar-refractivity contribution >= 4 is 28.2 Å². The molecule has 0 atom stereocenters. The number of carbonyl (C=O) groups excluding carboxylic acids is 2. The Hall–Kier alpha value is -2.02. The Morgan fingerprint density at radius 3 is 2.62 bits per heavy atom. The van der Waals surface area contributed by atoms with Crippen LogP contribution in [0.25, 0.3) is 0 Å². The van der Waals surface area contributed by atoms with E-state index in [1.54, 1.807) is 35.8 Å². The third-order valence-corrected chi connectivity index (χ3v) is 4.63. The van der Waals surface area contributed by atoms with Crippen molar-refractivity contribution in [2.24, 2.45) is 7.05 Å². The molecule has 2 heterocycles. The predicted molar refractivity (Wildman–Crippen MR) is 79.9 cm³/mol. The fourth-order valence-electron chi connectivity index (χ4n) is 2.21. The standard InChI is InChI=1S/C14H16N4O2S/c1-8-12(9(2)19)21-14(15-8)18(10-4-5-10)13(20)11-6-7-17(3)16-11/h6-7,10H,4-5H2,1-3H3. The lowest BCUT2D eigenvalue weighted by Crippen LogP contribution is -2.33. The monoisotopic (exact) mass is 304 g/mol. The minimum Gasteiger partial charge on any atom is -0.294 e. The molecule has 2 aromatic rings. The molecule has 0 saturated heterocycles. The molecule has 1 aliphatic carbocycles. The Bertz CT molecular complexity index is 714. The summed E-state index contributed by atoms with van der Waals surface area (Å²) in [6.07, 6.45) is 3.67. The van der Waals surface area contributed by atoms with Crippen LogP contribution < -0.4 is 4.90 Å². The van der Waals surface area contributed by atoms with Crippen molar-refractivity contribution < 1.29 is 9.59 Å². The maximum absolute atomic E-state index is 12.7. The minimum atomic E-state index is -0.151. The normalized spacial score (nSPS) is 14.2. The van der Waals surface area contributed by atoms with Gasteiger partial charge >= 0.3 is 0 Å². The van der Waals surface area contributed by atoms with E-state index in [0.717, 1.165) is 12.8 Å². The first-order valence-corrected chi connectivity index (χ1v) is 7.60. The first-order chi connectivity index (χ1) is 9.97. The van der Waals surface area contributed by atoms with Gasteiger partial charge in [-0.3, -0.25) is 19.2 Å². The Labute approximate surface area is 126 Å². The van der Waals surface area contributed by atoms with E-state index in [4.69, 9.17) is 0 Å². The molecule has 0 bridgehead atoms. The number of rotatable bonds is 4. The van der Waals surface area contributed by atoms with Crippen LogP contribution in [0, 0.1) is 6.92 Å². The first kappa shape index (κ1) is 13.9. The molecule has 1 amide bonds. The number of hydrogen-bond donors (Lipinski definition) is 0. The number of anilines is 1. The molecule has 1 fully saturated rings. The number of amides is 1. The van der Waals surface area contributed by atoms with E-state index in [1.807, 2.05) is 0 Å². The number of nitrogens with zero attached hydrogens (tertiary/aromatic N) is 4. The molecule has 0 aromatic carbocycles. The predicted octanol–water partition coefficient (Wildman–Crippen LogP) is 2.20. The van der Waals surface area contributed by atoms with E-state index in [2.05, 4.69) is 10.1 Å². The van der Waals surface area contributed by atoms with Gasteiger partial charge in [-0.05, 0) is 25.8 Å². The third-order valence-electron chi connectivity index (χ3n) is 3.37. The molecule has 1 saturated carbocycles. The van der Waals surface area contributed by atoms with Gasteiger partial charge in [0.1, 0.15) is 0 Å². The second-order valence-corrected chi connectivity index (χ2v) is 6.23. The van der Waals surface area contributed by atoms with Crippen molar-refractivity contribution in [2.45, 2.75) is 32.7 Å². The molecule has 7 heteroatoms. The second-order valence-electron chi connectivity index (χ2n) is 5.25. The van der Waals surface area contributed by atoms with Gasteiger partial charge in [-0.2, -0.15) is 5.10 Å². The Balaban J connectivity index is 1.97. The summed E-state index contributed by atoms with van der Waals surface area (Å²) in [6.45, 7) is 3.32. The van der Waals surface area contributed by atoms with Crippen LogP contribution in [-0.2, 0) is 7.05 Å². The molecule has 1 aliphatic rings. The van der Waals surface area contributed by atoms with Crippen LogP contribution in [0.15, 0.2) is 12.3 Å². The Morgan fingerprint density at radius 2 is 2.14 bits per heavy atom. The van der Waals surface area contributed by atoms with Crippen molar-refractivity contribution in [1.29, 1.82) is 0 Å². The van der Waals surface area contributed by atoms with Crippen molar-refractivity contribution in [2.75, 3.05) is 4.90 Å². The molecule has 0 unspecified atom stereocenters. The van der Waals surface area contributed by atoms with E-state index < -0.39 is 0 Å². The lowest BCUT2D eigenvalue weighted by Gasteiger charge is -2.17. The molecule has 0 N–H and O–H groups in total. The van der Waals surface area contributed by atoms with Crippen LogP contribution in [-0.4, -0.2) is 32.5 Å². The summed E-state index contributed by atoms with van der Waals surface area (Å²) in [5.41, 5.74) is 1.09. The minimum absolute atomic E-state index is 0.0164. The van der Waals surface area contributed by atoms with Crippen LogP contribution in [0.2, 0.25) is 0 Å². The van der Waals surface area contributed by atoms with Gasteiger partial charge in [-0.25, -0.2) is 4.98 Å². The largest absolute Gasteiger partial charge is 0.294 e. The SMILES string of the molecule is CC(=O)c1sc(N(C(=O)c2ccn(C)n2)C2CC2)nc1C. The summed E-state index contributed by atoms with van der Waals surface area (Å²) in [5, 5.41) is 4.76. The fraction of sp³-hybridized carbons (Fsp3) is 0.429. The first-order valence-electron chi connectivity index (χ1n) is 6.79. The van der Waals surface area contributed by atoms with Crippen molar-refractivity contribution in [3.8, 4) is 0 Å². The number of ketones is 1. The molecule has 110 valence electrons. The summed E-state index contributed by atoms with van der Waals surface area (Å²) in [5.74, 6) is -0.167. The number of aromatic nitrogens is 3. The van der Waals surface area contributed by atoms with Crippen LogP contribution >= 0.6 is 11.3 Å². The van der Waals surface area contributed by atoms with E-state index in [1.165, 1.54) is 18.3 Å². The lowest BCUT2D eigenvalue weighted by molar-refractivity contribution is 0.0978. The number of aryl methyl sites for hydroxylation is 2. The zero-order chi connectivity index (χ0) is 15.1. The Morgan fingerprint density at radius 1 is 1.43 bits per heavy atom. The summed E-state index contributed by atoms with van der Waals surface area (Å²) in [6, 6.07) is 1.87. The van der Waals surface area contributed by atoms with Crippen LogP contribution in [0.5, 0.6) is 0 Å². The third kappa shape index (κ3) is 2.61. The number of hydrogen-bond acceptors (Lipinski definition) is 5. The van der Waals surface area contributed by atoms with Gasteiger partial charge in [-0.1, -0.05) is 11.3 Å². The number of thiazole rings is 1. The van der Waals surface area contributed by atoms with Gasteiger partial charge in [0.2, 0.25) is 0 Å². The van der Waals surface area contributed by atoms with Gasteiger partial charge in [0.15, 0.2) is 16.6 Å². The lowest BCUT2D eigenvalue weighted by atomic mass is 10.3. The smallest absolute Gasteiger partial charge is 0.280 e. The highest BCUT2D eigenvalue weighted by Crippen LogP contribution is 2.36. The van der Waals surface area contributed by atoms with Crippen molar-refractivity contribution in [1.82, 2.24) is 14.8 Å². The van der Waals surface area contributed by atoms with Crippen LogP contribution in [0.1, 0.15) is 45.6 Å². The van der Waals surface area contributed by atoms with E-state index in [0.29, 0.717) is 21.4 Å². The van der Waals surface area contributed by atoms with Crippen LogP contribution in [0.3, 0.4) is 0 Å². The van der Waals surface area contributed by atoms with Gasteiger partial charge in [0.05, 0.1) is 10.6 Å². The molecule has 0 aliphatic heterocycles. The average Bonchev–Trinajstić information content (AvgIpc) is 3.02. The zero-order valence-electron chi connectivity index (χ0n) is 12.2. The van der Waals surface area contributed by atoms with Crippen molar-refractivity contribution in [3.05, 3.63) is 28.5 Å². The topological polar surface area (TPSA) is 68.1 Å². The molecule has 2 aromatic heterocycles. The van der Waals surface area contributed by atoms with Gasteiger partial charge in [-0.15, -0.1) is 0 Å². The summed E-state index contributed by atoms with van der Waals surface area (Å²) in [4.78, 5) is 31.0. The van der Waals surface area contributed by atoms with E-state index in [9.17, 15) is 9.59 Å². The molecule has 0 radical (unpaired) electrons. The Kier molecular flexibility index (Phi) is 3.36. The number of Topliss-reactive ketones (excluding diaryl/α,β-unsaturated/α-hetero) is 1. The van der Waals surface area contributed by atoms with Crippen molar-refractivity contribution in [3.63, 3.8) is 0 Å². The maximum atomic E-state index is 12.7. The molecular weight excluding hydrogens is 288 g/mol.